The third-order valence-electron chi connectivity index (χ3n) is 5.81. The molecule has 1 unspecified atom stereocenters. The van der Waals surface area contributed by atoms with Gasteiger partial charge in [0, 0.05) is 6.61 Å². The van der Waals surface area contributed by atoms with Gasteiger partial charge in [0.15, 0.2) is 0 Å². The fraction of sp³-hybridized carbons (Fsp3) is 0.933. The van der Waals surface area contributed by atoms with Crippen LogP contribution in [0.25, 0.3) is 0 Å². The molecule has 1 heterocycles. The number of hydrogen-bond acceptors (Lipinski definition) is 3. The molecule has 0 aromatic heterocycles. The highest BCUT2D eigenvalue weighted by molar-refractivity contribution is 5.75. The van der Waals surface area contributed by atoms with E-state index in [0.29, 0.717) is 32.3 Å². The van der Waals surface area contributed by atoms with E-state index in [-0.39, 0.29) is 17.6 Å². The number of carbonyl (C=O) groups is 1. The van der Waals surface area contributed by atoms with Crippen LogP contribution in [-0.2, 0) is 9.53 Å². The number of carboxylic acids is 1. The SMILES string of the molecule is O=C(O)C1(C2CCOC3(CCC3)C2)CCC(O)CC1. The van der Waals surface area contributed by atoms with Crippen LogP contribution in [0.15, 0.2) is 0 Å². The maximum absolute atomic E-state index is 11.9. The summed E-state index contributed by atoms with van der Waals surface area (Å²) in [7, 11) is 0. The van der Waals surface area contributed by atoms with Gasteiger partial charge in [-0.3, -0.25) is 4.79 Å². The van der Waals surface area contributed by atoms with Gasteiger partial charge in [0.05, 0.1) is 17.1 Å². The maximum atomic E-state index is 11.9. The molecular formula is C15H24O4. The molecule has 0 aromatic carbocycles. The highest BCUT2D eigenvalue weighted by atomic mass is 16.5. The van der Waals surface area contributed by atoms with E-state index in [0.717, 1.165) is 25.7 Å². The van der Waals surface area contributed by atoms with Gasteiger partial charge in [-0.25, -0.2) is 0 Å². The Labute approximate surface area is 114 Å². The number of aliphatic carboxylic acids is 1. The highest BCUT2D eigenvalue weighted by Crippen LogP contribution is 2.53. The summed E-state index contributed by atoms with van der Waals surface area (Å²) in [5.41, 5.74) is -0.604. The fourth-order valence-electron chi connectivity index (χ4n) is 4.33. The number of rotatable bonds is 2. The van der Waals surface area contributed by atoms with Crippen molar-refractivity contribution >= 4 is 5.97 Å². The molecule has 2 saturated carbocycles. The average Bonchev–Trinajstić information content (AvgIpc) is 2.38. The molecule has 1 atom stereocenters. The van der Waals surface area contributed by atoms with Crippen molar-refractivity contribution in [3.63, 3.8) is 0 Å². The Kier molecular flexibility index (Phi) is 3.34. The van der Waals surface area contributed by atoms with E-state index in [1.807, 2.05) is 0 Å². The van der Waals surface area contributed by atoms with Gasteiger partial charge in [-0.1, -0.05) is 0 Å². The first-order chi connectivity index (χ1) is 9.06. The molecule has 4 nitrogen and oxygen atoms in total. The third kappa shape index (κ3) is 2.19. The first-order valence-electron chi connectivity index (χ1n) is 7.62. The van der Waals surface area contributed by atoms with Crippen molar-refractivity contribution in [3.8, 4) is 0 Å². The molecule has 4 heteroatoms. The number of aliphatic hydroxyl groups excluding tert-OH is 1. The minimum Gasteiger partial charge on any atom is -0.481 e. The average molecular weight is 268 g/mol. The van der Waals surface area contributed by atoms with Crippen molar-refractivity contribution in [1.29, 1.82) is 0 Å². The zero-order valence-corrected chi connectivity index (χ0v) is 11.4. The molecule has 108 valence electrons. The van der Waals surface area contributed by atoms with Crippen LogP contribution >= 0.6 is 0 Å². The smallest absolute Gasteiger partial charge is 0.309 e. The molecule has 0 amide bonds. The predicted molar refractivity (Wildman–Crippen MR) is 69.8 cm³/mol. The van der Waals surface area contributed by atoms with Crippen molar-refractivity contribution < 1.29 is 19.7 Å². The van der Waals surface area contributed by atoms with Gasteiger partial charge in [0.25, 0.3) is 0 Å². The van der Waals surface area contributed by atoms with E-state index < -0.39 is 11.4 Å². The fourth-order valence-corrected chi connectivity index (χ4v) is 4.33. The molecule has 0 bridgehead atoms. The van der Waals surface area contributed by atoms with E-state index in [9.17, 15) is 15.0 Å². The molecule has 1 saturated heterocycles. The first kappa shape index (κ1) is 13.4. The monoisotopic (exact) mass is 268 g/mol. The number of carboxylic acid groups (broad SMARTS) is 1. The van der Waals surface area contributed by atoms with Crippen molar-refractivity contribution in [2.24, 2.45) is 11.3 Å². The van der Waals surface area contributed by atoms with Crippen molar-refractivity contribution in [2.75, 3.05) is 6.61 Å². The van der Waals surface area contributed by atoms with Gasteiger partial charge in [0.2, 0.25) is 0 Å². The van der Waals surface area contributed by atoms with Gasteiger partial charge in [-0.2, -0.15) is 0 Å². The van der Waals surface area contributed by atoms with E-state index in [1.54, 1.807) is 0 Å². The van der Waals surface area contributed by atoms with Crippen molar-refractivity contribution in [1.82, 2.24) is 0 Å². The molecule has 3 fully saturated rings. The molecule has 0 radical (unpaired) electrons. The lowest BCUT2D eigenvalue weighted by molar-refractivity contribution is -0.182. The molecule has 2 N–H and O–H groups in total. The molecule has 3 rings (SSSR count). The van der Waals surface area contributed by atoms with Crippen LogP contribution in [0.2, 0.25) is 0 Å². The van der Waals surface area contributed by atoms with E-state index >= 15 is 0 Å². The second-order valence-electron chi connectivity index (χ2n) is 6.77. The van der Waals surface area contributed by atoms with Crippen LogP contribution in [0.4, 0.5) is 0 Å². The van der Waals surface area contributed by atoms with Gasteiger partial charge in [-0.15, -0.1) is 0 Å². The summed E-state index contributed by atoms with van der Waals surface area (Å²) in [5.74, 6) is -0.424. The molecule has 1 aliphatic heterocycles. The largest absolute Gasteiger partial charge is 0.481 e. The Balaban J connectivity index is 1.78. The third-order valence-corrected chi connectivity index (χ3v) is 5.81. The summed E-state index contributed by atoms with van der Waals surface area (Å²) < 4.78 is 5.93. The van der Waals surface area contributed by atoms with Gasteiger partial charge in [-0.05, 0) is 63.7 Å². The lowest BCUT2D eigenvalue weighted by Gasteiger charge is -2.52. The second kappa shape index (κ2) is 4.74. The first-order valence-corrected chi connectivity index (χ1v) is 7.62. The Morgan fingerprint density at radius 2 is 1.79 bits per heavy atom. The number of ether oxygens (including phenoxy) is 1. The van der Waals surface area contributed by atoms with Gasteiger partial charge in [0.1, 0.15) is 0 Å². The van der Waals surface area contributed by atoms with Crippen LogP contribution in [0.5, 0.6) is 0 Å². The second-order valence-corrected chi connectivity index (χ2v) is 6.77. The van der Waals surface area contributed by atoms with Crippen LogP contribution in [-0.4, -0.2) is 34.5 Å². The summed E-state index contributed by atoms with van der Waals surface area (Å²) in [6.45, 7) is 0.711. The van der Waals surface area contributed by atoms with Crippen molar-refractivity contribution in [3.05, 3.63) is 0 Å². The minimum absolute atomic E-state index is 0.00142. The standard InChI is InChI=1S/C15H24O4/c16-12-2-7-15(8-3-12,13(17)18)11-4-9-19-14(10-11)5-1-6-14/h11-12,16H,1-10H2,(H,17,18). The predicted octanol–water partition coefficient (Wildman–Crippen LogP) is 2.34. The normalized spacial score (nSPS) is 41.7. The van der Waals surface area contributed by atoms with E-state index in [1.165, 1.54) is 6.42 Å². The van der Waals surface area contributed by atoms with Gasteiger partial charge >= 0.3 is 5.97 Å². The lowest BCUT2D eigenvalue weighted by atomic mass is 9.59. The summed E-state index contributed by atoms with van der Waals surface area (Å²) in [5, 5.41) is 19.4. The zero-order valence-electron chi connectivity index (χ0n) is 11.4. The number of aliphatic hydroxyl groups is 1. The van der Waals surface area contributed by atoms with Crippen LogP contribution in [0.3, 0.4) is 0 Å². The molecule has 1 spiro atoms. The highest BCUT2D eigenvalue weighted by Gasteiger charge is 2.53. The lowest BCUT2D eigenvalue weighted by Crippen LogP contribution is -2.52. The van der Waals surface area contributed by atoms with Gasteiger partial charge < -0.3 is 14.9 Å². The minimum atomic E-state index is -0.652. The van der Waals surface area contributed by atoms with Crippen molar-refractivity contribution in [2.45, 2.75) is 69.5 Å². The number of hydrogen-bond donors (Lipinski definition) is 2. The zero-order chi connectivity index (χ0) is 13.5. The molecule has 19 heavy (non-hydrogen) atoms. The summed E-state index contributed by atoms with van der Waals surface area (Å²) in [6, 6.07) is 0. The Morgan fingerprint density at radius 1 is 1.11 bits per heavy atom. The Hall–Kier alpha value is -0.610. The summed E-state index contributed by atoms with van der Waals surface area (Å²) in [4.78, 5) is 11.9. The topological polar surface area (TPSA) is 66.8 Å². The van der Waals surface area contributed by atoms with E-state index in [4.69, 9.17) is 4.74 Å². The Bertz CT molecular complexity index is 353. The quantitative estimate of drug-likeness (QED) is 0.806. The molecule has 0 aromatic rings. The van der Waals surface area contributed by atoms with Crippen LogP contribution in [0.1, 0.15) is 57.8 Å². The molecule has 2 aliphatic carbocycles. The summed E-state index contributed by atoms with van der Waals surface area (Å²) >= 11 is 0. The molecule has 3 aliphatic rings. The Morgan fingerprint density at radius 3 is 2.32 bits per heavy atom. The van der Waals surface area contributed by atoms with E-state index in [2.05, 4.69) is 0 Å². The summed E-state index contributed by atoms with van der Waals surface area (Å²) in [6.07, 6.45) is 7.42. The maximum Gasteiger partial charge on any atom is 0.309 e. The van der Waals surface area contributed by atoms with Crippen LogP contribution < -0.4 is 0 Å². The van der Waals surface area contributed by atoms with Crippen LogP contribution in [0, 0.1) is 11.3 Å². The molecular weight excluding hydrogens is 244 g/mol.